The fourth-order valence-corrected chi connectivity index (χ4v) is 3.85. The molecule has 0 radical (unpaired) electrons. The maximum absolute atomic E-state index is 13.2. The van der Waals surface area contributed by atoms with E-state index in [1.165, 1.54) is 0 Å². The van der Waals surface area contributed by atoms with Crippen LogP contribution in [0.4, 0.5) is 5.69 Å². The molecule has 2 heterocycles. The van der Waals surface area contributed by atoms with Crippen LogP contribution in [0.2, 0.25) is 0 Å². The predicted molar refractivity (Wildman–Crippen MR) is 107 cm³/mol. The van der Waals surface area contributed by atoms with Gasteiger partial charge < -0.3 is 10.1 Å². The minimum atomic E-state index is -0.519. The Morgan fingerprint density at radius 1 is 1.00 bits per heavy atom. The van der Waals surface area contributed by atoms with Crippen molar-refractivity contribution in [3.63, 3.8) is 0 Å². The molecule has 2 aliphatic heterocycles. The van der Waals surface area contributed by atoms with Crippen LogP contribution in [-0.2, 0) is 16.0 Å². The van der Waals surface area contributed by atoms with Gasteiger partial charge in [-0.25, -0.2) is 0 Å². The summed E-state index contributed by atoms with van der Waals surface area (Å²) in [4.78, 5) is 30.0. The van der Waals surface area contributed by atoms with E-state index in [1.807, 2.05) is 42.5 Å². The highest BCUT2D eigenvalue weighted by molar-refractivity contribution is 6.11. The minimum absolute atomic E-state index is 0.103. The van der Waals surface area contributed by atoms with E-state index in [1.54, 1.807) is 17.0 Å². The second-order valence-corrected chi connectivity index (χ2v) is 7.13. The standard InChI is InChI=1S/C22H25N3O3/c26-21(23-10-11-24-12-14-28-15-13-24)20-16-18-8-4-5-9-19(18)25(20)22(27)17-6-2-1-3-7-17/h1-9,20H,10-16H2,(H,23,26). The van der Waals surface area contributed by atoms with Crippen LogP contribution in [0.3, 0.4) is 0 Å². The van der Waals surface area contributed by atoms with Crippen LogP contribution in [0.25, 0.3) is 0 Å². The Labute approximate surface area is 165 Å². The van der Waals surface area contributed by atoms with Crippen molar-refractivity contribution < 1.29 is 14.3 Å². The lowest BCUT2D eigenvalue weighted by Crippen LogP contribution is -2.50. The molecule has 0 spiro atoms. The van der Waals surface area contributed by atoms with Crippen LogP contribution in [0.15, 0.2) is 54.6 Å². The number of nitrogens with one attached hydrogen (secondary N) is 1. The zero-order chi connectivity index (χ0) is 19.3. The summed E-state index contributed by atoms with van der Waals surface area (Å²) < 4.78 is 5.35. The van der Waals surface area contributed by atoms with Gasteiger partial charge in [-0.1, -0.05) is 36.4 Å². The number of amides is 2. The third kappa shape index (κ3) is 3.93. The fourth-order valence-electron chi connectivity index (χ4n) is 3.85. The molecule has 1 atom stereocenters. The number of carbonyl (C=O) groups excluding carboxylic acids is 2. The fraction of sp³-hybridized carbons (Fsp3) is 0.364. The molecule has 1 saturated heterocycles. The highest BCUT2D eigenvalue weighted by atomic mass is 16.5. The molecule has 4 rings (SSSR count). The SMILES string of the molecule is O=C(NCCN1CCOCC1)C1Cc2ccccc2N1C(=O)c1ccccc1. The number of fused-ring (bicyclic) bond motifs is 1. The summed E-state index contributed by atoms with van der Waals surface area (Å²) in [6.45, 7) is 4.63. The molecular weight excluding hydrogens is 354 g/mol. The van der Waals surface area contributed by atoms with E-state index in [2.05, 4.69) is 10.2 Å². The van der Waals surface area contributed by atoms with Crippen molar-refractivity contribution in [3.05, 3.63) is 65.7 Å². The predicted octanol–water partition coefficient (Wildman–Crippen LogP) is 1.71. The zero-order valence-corrected chi connectivity index (χ0v) is 15.8. The monoisotopic (exact) mass is 379 g/mol. The van der Waals surface area contributed by atoms with E-state index < -0.39 is 6.04 Å². The molecule has 0 saturated carbocycles. The Kier molecular flexibility index (Phi) is 5.69. The summed E-state index contributed by atoms with van der Waals surface area (Å²) in [5.74, 6) is -0.243. The molecule has 1 fully saturated rings. The van der Waals surface area contributed by atoms with Gasteiger partial charge in [0.1, 0.15) is 6.04 Å². The van der Waals surface area contributed by atoms with Gasteiger partial charge in [-0.15, -0.1) is 0 Å². The molecule has 146 valence electrons. The summed E-state index contributed by atoms with van der Waals surface area (Å²) in [7, 11) is 0. The van der Waals surface area contributed by atoms with Crippen molar-refractivity contribution in [3.8, 4) is 0 Å². The molecule has 2 amide bonds. The van der Waals surface area contributed by atoms with Crippen LogP contribution in [-0.4, -0.2) is 62.1 Å². The average Bonchev–Trinajstić information content (AvgIpc) is 3.14. The van der Waals surface area contributed by atoms with Crippen molar-refractivity contribution in [1.82, 2.24) is 10.2 Å². The number of benzene rings is 2. The minimum Gasteiger partial charge on any atom is -0.379 e. The van der Waals surface area contributed by atoms with E-state index in [0.717, 1.165) is 44.1 Å². The lowest BCUT2D eigenvalue weighted by atomic mass is 10.1. The third-order valence-electron chi connectivity index (χ3n) is 5.35. The quantitative estimate of drug-likeness (QED) is 0.859. The smallest absolute Gasteiger partial charge is 0.259 e. The van der Waals surface area contributed by atoms with Crippen LogP contribution >= 0.6 is 0 Å². The molecule has 0 aliphatic carbocycles. The first-order valence-corrected chi connectivity index (χ1v) is 9.78. The van der Waals surface area contributed by atoms with Gasteiger partial charge in [0.15, 0.2) is 0 Å². The lowest BCUT2D eigenvalue weighted by molar-refractivity contribution is -0.122. The molecule has 1 N–H and O–H groups in total. The zero-order valence-electron chi connectivity index (χ0n) is 15.8. The lowest BCUT2D eigenvalue weighted by Gasteiger charge is -2.28. The van der Waals surface area contributed by atoms with Gasteiger partial charge in [0.25, 0.3) is 5.91 Å². The summed E-state index contributed by atoms with van der Waals surface area (Å²) >= 11 is 0. The molecule has 6 heteroatoms. The first-order valence-electron chi connectivity index (χ1n) is 9.78. The van der Waals surface area contributed by atoms with Crippen LogP contribution in [0.5, 0.6) is 0 Å². The number of carbonyl (C=O) groups is 2. The highest BCUT2D eigenvalue weighted by Crippen LogP contribution is 2.33. The van der Waals surface area contributed by atoms with Gasteiger partial charge in [-0.05, 0) is 23.8 Å². The number of hydrogen-bond acceptors (Lipinski definition) is 4. The van der Waals surface area contributed by atoms with E-state index in [4.69, 9.17) is 4.74 Å². The summed E-state index contributed by atoms with van der Waals surface area (Å²) in [6, 6.07) is 16.4. The largest absolute Gasteiger partial charge is 0.379 e. The Morgan fingerprint density at radius 2 is 1.71 bits per heavy atom. The van der Waals surface area contributed by atoms with Crippen molar-refractivity contribution >= 4 is 17.5 Å². The van der Waals surface area contributed by atoms with Crippen LogP contribution < -0.4 is 10.2 Å². The highest BCUT2D eigenvalue weighted by Gasteiger charge is 2.38. The van der Waals surface area contributed by atoms with Crippen molar-refractivity contribution in [2.45, 2.75) is 12.5 Å². The number of para-hydroxylation sites is 1. The second-order valence-electron chi connectivity index (χ2n) is 7.13. The van der Waals surface area contributed by atoms with Crippen molar-refractivity contribution in [2.24, 2.45) is 0 Å². The normalized spacial score (nSPS) is 19.3. The second kappa shape index (κ2) is 8.54. The Bertz CT molecular complexity index is 834. The van der Waals surface area contributed by atoms with Gasteiger partial charge in [0.05, 0.1) is 13.2 Å². The van der Waals surface area contributed by atoms with Gasteiger partial charge in [-0.2, -0.15) is 0 Å². The number of rotatable bonds is 5. The molecule has 0 aromatic heterocycles. The van der Waals surface area contributed by atoms with Crippen LogP contribution in [0, 0.1) is 0 Å². The third-order valence-corrected chi connectivity index (χ3v) is 5.35. The van der Waals surface area contributed by atoms with Gasteiger partial charge in [0.2, 0.25) is 5.91 Å². The maximum Gasteiger partial charge on any atom is 0.259 e. The summed E-state index contributed by atoms with van der Waals surface area (Å²) in [5.41, 5.74) is 2.44. The molecule has 2 aromatic carbocycles. The number of nitrogens with zero attached hydrogens (tertiary/aromatic N) is 2. The molecular formula is C22H25N3O3. The van der Waals surface area contributed by atoms with E-state index >= 15 is 0 Å². The maximum atomic E-state index is 13.2. The first kappa shape index (κ1) is 18.7. The van der Waals surface area contributed by atoms with Gasteiger partial charge >= 0.3 is 0 Å². The molecule has 0 bridgehead atoms. The first-order chi connectivity index (χ1) is 13.7. The molecule has 6 nitrogen and oxygen atoms in total. The van der Waals surface area contributed by atoms with Crippen molar-refractivity contribution in [2.75, 3.05) is 44.3 Å². The van der Waals surface area contributed by atoms with E-state index in [9.17, 15) is 9.59 Å². The average molecular weight is 379 g/mol. The van der Waals surface area contributed by atoms with E-state index in [-0.39, 0.29) is 11.8 Å². The van der Waals surface area contributed by atoms with Gasteiger partial charge in [0, 0.05) is 43.9 Å². The summed E-state index contributed by atoms with van der Waals surface area (Å²) in [5, 5.41) is 3.03. The topological polar surface area (TPSA) is 61.9 Å². The molecule has 2 aliphatic rings. The van der Waals surface area contributed by atoms with E-state index in [0.29, 0.717) is 18.5 Å². The Hall–Kier alpha value is -2.70. The molecule has 2 aromatic rings. The summed E-state index contributed by atoms with van der Waals surface area (Å²) in [6.07, 6.45) is 0.540. The number of anilines is 1. The molecule has 28 heavy (non-hydrogen) atoms. The Morgan fingerprint density at radius 3 is 2.50 bits per heavy atom. The van der Waals surface area contributed by atoms with Gasteiger partial charge in [-0.3, -0.25) is 19.4 Å². The Balaban J connectivity index is 1.47. The number of ether oxygens (including phenoxy) is 1. The van der Waals surface area contributed by atoms with Crippen LogP contribution in [0.1, 0.15) is 15.9 Å². The number of hydrogen-bond donors (Lipinski definition) is 1. The number of morpholine rings is 1. The molecule has 1 unspecified atom stereocenters. The van der Waals surface area contributed by atoms with Crippen molar-refractivity contribution in [1.29, 1.82) is 0 Å².